The molecule has 19 heavy (non-hydrogen) atoms. The lowest BCUT2D eigenvalue weighted by Crippen LogP contribution is -2.36. The van der Waals surface area contributed by atoms with E-state index in [4.69, 9.17) is 0 Å². The summed E-state index contributed by atoms with van der Waals surface area (Å²) in [6.07, 6.45) is -0.667. The number of alkyl halides is 3. The summed E-state index contributed by atoms with van der Waals surface area (Å²) in [5, 5.41) is 7.13. The Hall–Kier alpha value is -1.04. The molecule has 0 aromatic carbocycles. The molecule has 1 heterocycles. The summed E-state index contributed by atoms with van der Waals surface area (Å²) in [7, 11) is 0. The summed E-state index contributed by atoms with van der Waals surface area (Å²) >= 11 is 0. The summed E-state index contributed by atoms with van der Waals surface area (Å²) in [4.78, 5) is 0. The average molecular weight is 277 g/mol. The van der Waals surface area contributed by atoms with E-state index < -0.39 is 11.7 Å². The second-order valence-electron chi connectivity index (χ2n) is 5.87. The molecule has 1 aromatic rings. The van der Waals surface area contributed by atoms with Crippen molar-refractivity contribution in [1.29, 1.82) is 0 Å². The molecule has 0 fully saturated rings. The Morgan fingerprint density at radius 3 is 2.42 bits per heavy atom. The highest BCUT2D eigenvalue weighted by Gasteiger charge is 2.32. The Bertz CT molecular complexity index is 391. The summed E-state index contributed by atoms with van der Waals surface area (Å²) in [5.41, 5.74) is -0.620. The first kappa shape index (κ1) is 16.0. The van der Waals surface area contributed by atoms with Crippen LogP contribution in [0.5, 0.6) is 0 Å². The van der Waals surface area contributed by atoms with E-state index in [-0.39, 0.29) is 11.6 Å². The van der Waals surface area contributed by atoms with Crippen LogP contribution in [-0.2, 0) is 6.18 Å². The Kier molecular flexibility index (Phi) is 5.01. The Labute approximate surface area is 112 Å². The van der Waals surface area contributed by atoms with Crippen LogP contribution in [0, 0.1) is 0 Å². The van der Waals surface area contributed by atoms with E-state index in [0.29, 0.717) is 0 Å². The lowest BCUT2D eigenvalue weighted by Gasteiger charge is -2.21. The van der Waals surface area contributed by atoms with Crippen LogP contribution in [0.1, 0.15) is 52.1 Å². The molecule has 0 saturated heterocycles. The van der Waals surface area contributed by atoms with E-state index in [1.54, 1.807) is 0 Å². The molecule has 0 aliphatic rings. The Morgan fingerprint density at radius 1 is 1.32 bits per heavy atom. The highest BCUT2D eigenvalue weighted by molar-refractivity contribution is 5.08. The zero-order valence-corrected chi connectivity index (χ0v) is 11.9. The minimum Gasteiger partial charge on any atom is -0.312 e. The summed E-state index contributed by atoms with van der Waals surface area (Å²) < 4.78 is 38.7. The summed E-state index contributed by atoms with van der Waals surface area (Å²) in [6.45, 7) is 8.98. The van der Waals surface area contributed by atoms with Crippen molar-refractivity contribution in [1.82, 2.24) is 15.1 Å². The van der Waals surface area contributed by atoms with Crippen molar-refractivity contribution in [2.24, 2.45) is 0 Å². The van der Waals surface area contributed by atoms with Gasteiger partial charge in [0.1, 0.15) is 0 Å². The second-order valence-corrected chi connectivity index (χ2v) is 5.87. The number of aromatic nitrogens is 2. The van der Waals surface area contributed by atoms with Crippen molar-refractivity contribution in [3.8, 4) is 0 Å². The quantitative estimate of drug-likeness (QED) is 0.833. The zero-order chi connectivity index (χ0) is 14.7. The van der Waals surface area contributed by atoms with Gasteiger partial charge in [-0.25, -0.2) is 0 Å². The maximum atomic E-state index is 12.4. The second kappa shape index (κ2) is 5.94. The average Bonchev–Trinajstić information content (AvgIpc) is 2.71. The summed E-state index contributed by atoms with van der Waals surface area (Å²) in [6, 6.07) is -0.0298. The van der Waals surface area contributed by atoms with E-state index >= 15 is 0 Å². The van der Waals surface area contributed by atoms with Gasteiger partial charge in [-0.1, -0.05) is 0 Å². The lowest BCUT2D eigenvalue weighted by molar-refractivity contribution is -0.137. The Morgan fingerprint density at radius 2 is 1.95 bits per heavy atom. The van der Waals surface area contributed by atoms with Crippen LogP contribution in [0.4, 0.5) is 13.2 Å². The minimum absolute atomic E-state index is 0.0298. The molecular weight excluding hydrogens is 255 g/mol. The molecule has 1 atom stereocenters. The molecule has 0 spiro atoms. The van der Waals surface area contributed by atoms with Crippen LogP contribution in [0.15, 0.2) is 12.4 Å². The van der Waals surface area contributed by atoms with Crippen LogP contribution in [0.3, 0.4) is 0 Å². The maximum Gasteiger partial charge on any atom is 0.419 e. The SMILES string of the molecule is CC(CCCNC(C)(C)C)n1cc(C(F)(F)F)cn1. The van der Waals surface area contributed by atoms with Gasteiger partial charge in [0, 0.05) is 17.8 Å². The standard InChI is InChI=1S/C13H22F3N3/c1-10(6-5-7-17-12(2,3)4)19-9-11(8-18-19)13(14,15)16/h8-10,17H,5-7H2,1-4H3. The van der Waals surface area contributed by atoms with Crippen molar-refractivity contribution < 1.29 is 13.2 Å². The number of hydrogen-bond acceptors (Lipinski definition) is 2. The number of rotatable bonds is 5. The van der Waals surface area contributed by atoms with Crippen molar-refractivity contribution in [2.45, 2.75) is 58.3 Å². The number of nitrogens with zero attached hydrogens (tertiary/aromatic N) is 2. The molecule has 0 aliphatic carbocycles. The van der Waals surface area contributed by atoms with Crippen LogP contribution >= 0.6 is 0 Å². The van der Waals surface area contributed by atoms with Gasteiger partial charge in [-0.2, -0.15) is 18.3 Å². The third kappa shape index (κ3) is 5.63. The molecule has 1 unspecified atom stereocenters. The van der Waals surface area contributed by atoms with Gasteiger partial charge in [-0.3, -0.25) is 4.68 Å². The Balaban J connectivity index is 2.42. The highest BCUT2D eigenvalue weighted by Crippen LogP contribution is 2.29. The van der Waals surface area contributed by atoms with Gasteiger partial charge in [-0.05, 0) is 47.1 Å². The third-order valence-electron chi connectivity index (χ3n) is 2.83. The molecule has 3 nitrogen and oxygen atoms in total. The minimum atomic E-state index is -4.31. The topological polar surface area (TPSA) is 29.9 Å². The predicted molar refractivity (Wildman–Crippen MR) is 68.9 cm³/mol. The van der Waals surface area contributed by atoms with Crippen LogP contribution in [0.2, 0.25) is 0 Å². The molecule has 1 N–H and O–H groups in total. The van der Waals surface area contributed by atoms with Gasteiger partial charge in [0.15, 0.2) is 0 Å². The van der Waals surface area contributed by atoms with Gasteiger partial charge in [0.25, 0.3) is 0 Å². The van der Waals surface area contributed by atoms with Gasteiger partial charge >= 0.3 is 6.18 Å². The van der Waals surface area contributed by atoms with E-state index in [1.807, 2.05) is 6.92 Å². The first-order chi connectivity index (χ1) is 8.59. The number of nitrogens with one attached hydrogen (secondary N) is 1. The first-order valence-corrected chi connectivity index (χ1v) is 6.46. The lowest BCUT2D eigenvalue weighted by atomic mass is 10.1. The molecule has 110 valence electrons. The van der Waals surface area contributed by atoms with Crippen molar-refractivity contribution in [3.63, 3.8) is 0 Å². The molecule has 1 aromatic heterocycles. The van der Waals surface area contributed by atoms with E-state index in [9.17, 15) is 13.2 Å². The maximum absolute atomic E-state index is 12.4. The van der Waals surface area contributed by atoms with Gasteiger partial charge < -0.3 is 5.32 Å². The molecule has 0 aliphatic heterocycles. The van der Waals surface area contributed by atoms with Crippen LogP contribution < -0.4 is 5.32 Å². The highest BCUT2D eigenvalue weighted by atomic mass is 19.4. The molecule has 1 rings (SSSR count). The fraction of sp³-hybridized carbons (Fsp3) is 0.769. The fourth-order valence-electron chi connectivity index (χ4n) is 1.72. The van der Waals surface area contributed by atoms with E-state index in [2.05, 4.69) is 31.2 Å². The van der Waals surface area contributed by atoms with Crippen LogP contribution in [0.25, 0.3) is 0 Å². The fourth-order valence-corrected chi connectivity index (χ4v) is 1.72. The van der Waals surface area contributed by atoms with E-state index in [0.717, 1.165) is 31.8 Å². The number of hydrogen-bond donors (Lipinski definition) is 1. The first-order valence-electron chi connectivity index (χ1n) is 6.46. The van der Waals surface area contributed by atoms with Crippen molar-refractivity contribution >= 4 is 0 Å². The molecule has 0 bridgehead atoms. The molecule has 0 radical (unpaired) electrons. The third-order valence-corrected chi connectivity index (χ3v) is 2.83. The molecule has 0 amide bonds. The summed E-state index contributed by atoms with van der Waals surface area (Å²) in [5.74, 6) is 0. The molecule has 6 heteroatoms. The van der Waals surface area contributed by atoms with Gasteiger partial charge in [0.05, 0.1) is 11.8 Å². The largest absolute Gasteiger partial charge is 0.419 e. The number of halogens is 3. The molecular formula is C13H22F3N3. The van der Waals surface area contributed by atoms with E-state index in [1.165, 1.54) is 4.68 Å². The predicted octanol–water partition coefficient (Wildman–Crippen LogP) is 3.63. The van der Waals surface area contributed by atoms with Gasteiger partial charge in [0.2, 0.25) is 0 Å². The normalized spacial score (nSPS) is 14.7. The van der Waals surface area contributed by atoms with Crippen LogP contribution in [-0.4, -0.2) is 21.9 Å². The molecule has 0 saturated carbocycles. The van der Waals surface area contributed by atoms with Crippen molar-refractivity contribution in [2.75, 3.05) is 6.54 Å². The smallest absolute Gasteiger partial charge is 0.312 e. The zero-order valence-electron chi connectivity index (χ0n) is 11.9. The monoisotopic (exact) mass is 277 g/mol. The van der Waals surface area contributed by atoms with Crippen molar-refractivity contribution in [3.05, 3.63) is 18.0 Å². The van der Waals surface area contributed by atoms with Gasteiger partial charge in [-0.15, -0.1) is 0 Å².